The maximum Gasteiger partial charge on any atom is 0.273 e. The van der Waals surface area contributed by atoms with Crippen LogP contribution in [0.4, 0.5) is 0 Å². The second-order valence-corrected chi connectivity index (χ2v) is 4.64. The molecule has 2 aromatic rings. The molecule has 2 heterocycles. The van der Waals surface area contributed by atoms with E-state index in [1.54, 1.807) is 19.4 Å². The molecule has 0 bridgehead atoms. The third-order valence-corrected chi connectivity index (χ3v) is 3.44. The number of carbonyl (C=O) groups is 1. The van der Waals surface area contributed by atoms with Crippen LogP contribution < -0.4 is 10.5 Å². The molecule has 0 aliphatic heterocycles. The number of carbonyl (C=O) groups excluding carboxylic acids is 1. The zero-order valence-electron chi connectivity index (χ0n) is 10.1. The van der Waals surface area contributed by atoms with Crippen molar-refractivity contribution in [3.05, 3.63) is 29.7 Å². The molecular weight excluding hydrogens is 250 g/mol. The molecule has 5 nitrogen and oxygen atoms in total. The maximum absolute atomic E-state index is 11.2. The summed E-state index contributed by atoms with van der Waals surface area (Å²) >= 11 is 1.41. The van der Waals surface area contributed by atoms with E-state index in [-0.39, 0.29) is 5.69 Å². The minimum absolute atomic E-state index is 0.275. The van der Waals surface area contributed by atoms with E-state index < -0.39 is 5.91 Å². The third kappa shape index (κ3) is 2.48. The van der Waals surface area contributed by atoms with Gasteiger partial charge in [-0.15, -0.1) is 0 Å². The number of hydrogen-bond donors (Lipinski definition) is 1. The van der Waals surface area contributed by atoms with E-state index in [1.165, 1.54) is 11.3 Å². The quantitative estimate of drug-likeness (QED) is 0.913. The molecule has 0 aliphatic carbocycles. The molecule has 0 aromatic carbocycles. The molecule has 0 saturated carbocycles. The molecule has 0 spiro atoms. The van der Waals surface area contributed by atoms with Gasteiger partial charge < -0.3 is 10.5 Å². The molecule has 6 heteroatoms. The van der Waals surface area contributed by atoms with Gasteiger partial charge in [0.25, 0.3) is 11.1 Å². The van der Waals surface area contributed by atoms with Gasteiger partial charge in [0.15, 0.2) is 0 Å². The Hall–Kier alpha value is -1.95. The lowest BCUT2D eigenvalue weighted by Gasteiger charge is -2.03. The van der Waals surface area contributed by atoms with E-state index in [9.17, 15) is 4.79 Å². The van der Waals surface area contributed by atoms with Crippen molar-refractivity contribution in [3.63, 3.8) is 0 Å². The van der Waals surface area contributed by atoms with Gasteiger partial charge in [-0.2, -0.15) is 0 Å². The first-order valence-electron chi connectivity index (χ1n) is 5.45. The summed E-state index contributed by atoms with van der Waals surface area (Å²) in [6.07, 6.45) is 2.45. The Morgan fingerprint density at radius 2 is 2.28 bits per heavy atom. The van der Waals surface area contributed by atoms with E-state index in [0.717, 1.165) is 22.6 Å². The second-order valence-electron chi connectivity index (χ2n) is 3.64. The van der Waals surface area contributed by atoms with E-state index >= 15 is 0 Å². The van der Waals surface area contributed by atoms with Gasteiger partial charge in [0, 0.05) is 11.9 Å². The number of rotatable bonds is 4. The number of hydrogen-bond acceptors (Lipinski definition) is 5. The minimum Gasteiger partial charge on any atom is -0.473 e. The summed E-state index contributed by atoms with van der Waals surface area (Å²) in [4.78, 5) is 20.4. The topological polar surface area (TPSA) is 78.1 Å². The number of aryl methyl sites for hydroxylation is 1. The summed E-state index contributed by atoms with van der Waals surface area (Å²) in [5.74, 6) is -0.525. The van der Waals surface area contributed by atoms with Crippen LogP contribution in [0.1, 0.15) is 23.1 Å². The normalized spacial score (nSPS) is 10.3. The largest absolute Gasteiger partial charge is 0.473 e. The van der Waals surface area contributed by atoms with Crippen molar-refractivity contribution in [2.45, 2.75) is 13.3 Å². The number of primary amides is 1. The van der Waals surface area contributed by atoms with Crippen LogP contribution in [0.15, 0.2) is 18.3 Å². The highest BCUT2D eigenvalue weighted by Crippen LogP contribution is 2.30. The Morgan fingerprint density at radius 3 is 2.83 bits per heavy atom. The zero-order valence-corrected chi connectivity index (χ0v) is 11.0. The Morgan fingerprint density at radius 1 is 1.50 bits per heavy atom. The summed E-state index contributed by atoms with van der Waals surface area (Å²) < 4.78 is 5.05. The van der Waals surface area contributed by atoms with Crippen LogP contribution in [0, 0.1) is 0 Å². The molecule has 0 fully saturated rings. The van der Waals surface area contributed by atoms with Crippen molar-refractivity contribution < 1.29 is 9.53 Å². The molecule has 2 rings (SSSR count). The van der Waals surface area contributed by atoms with Crippen molar-refractivity contribution in [2.75, 3.05) is 7.11 Å². The highest BCUT2D eigenvalue weighted by atomic mass is 32.1. The van der Waals surface area contributed by atoms with Gasteiger partial charge in [-0.3, -0.25) is 4.79 Å². The van der Waals surface area contributed by atoms with Crippen LogP contribution >= 0.6 is 11.3 Å². The van der Waals surface area contributed by atoms with E-state index in [4.69, 9.17) is 10.5 Å². The molecule has 0 atom stereocenters. The fraction of sp³-hybridized carbons (Fsp3) is 0.250. The lowest BCUT2D eigenvalue weighted by molar-refractivity contribution is 0.0995. The fourth-order valence-corrected chi connectivity index (χ4v) is 2.24. The Bertz CT molecular complexity index is 580. The molecule has 2 aromatic heterocycles. The SMILES string of the molecule is CCc1cc(-c2cnc(OC)s2)cc(C(N)=O)n1. The van der Waals surface area contributed by atoms with Gasteiger partial charge in [0.2, 0.25) is 0 Å². The fourth-order valence-electron chi connectivity index (χ4n) is 1.52. The average molecular weight is 263 g/mol. The Kier molecular flexibility index (Phi) is 3.57. The van der Waals surface area contributed by atoms with Gasteiger partial charge in [-0.05, 0) is 24.1 Å². The summed E-state index contributed by atoms with van der Waals surface area (Å²) in [6.45, 7) is 1.98. The maximum atomic E-state index is 11.2. The highest BCUT2D eigenvalue weighted by molar-refractivity contribution is 7.16. The van der Waals surface area contributed by atoms with Crippen molar-refractivity contribution in [3.8, 4) is 15.6 Å². The number of methoxy groups -OCH3 is 1. The standard InChI is InChI=1S/C12H13N3O2S/c1-3-8-4-7(5-9(15-8)11(13)16)10-6-14-12(17-2)18-10/h4-6H,3H2,1-2H3,(H2,13,16). The van der Waals surface area contributed by atoms with E-state index in [1.807, 2.05) is 13.0 Å². The number of nitrogens with zero attached hydrogens (tertiary/aromatic N) is 2. The van der Waals surface area contributed by atoms with Gasteiger partial charge >= 0.3 is 0 Å². The van der Waals surface area contributed by atoms with Crippen LogP contribution in [-0.4, -0.2) is 23.0 Å². The molecule has 1 amide bonds. The minimum atomic E-state index is -0.525. The third-order valence-electron chi connectivity index (χ3n) is 2.44. The number of ether oxygens (including phenoxy) is 1. The molecule has 2 N–H and O–H groups in total. The highest BCUT2D eigenvalue weighted by Gasteiger charge is 2.10. The first-order valence-corrected chi connectivity index (χ1v) is 6.26. The molecule has 18 heavy (non-hydrogen) atoms. The molecular formula is C12H13N3O2S. The smallest absolute Gasteiger partial charge is 0.273 e. The summed E-state index contributed by atoms with van der Waals surface area (Å²) in [6, 6.07) is 3.60. The van der Waals surface area contributed by atoms with Crippen LogP contribution in [-0.2, 0) is 6.42 Å². The average Bonchev–Trinajstić information content (AvgIpc) is 2.86. The van der Waals surface area contributed by atoms with Crippen LogP contribution in [0.25, 0.3) is 10.4 Å². The second kappa shape index (κ2) is 5.14. The first kappa shape index (κ1) is 12.5. The molecule has 0 radical (unpaired) electrons. The number of thiazole rings is 1. The molecule has 94 valence electrons. The van der Waals surface area contributed by atoms with Crippen molar-refractivity contribution in [2.24, 2.45) is 5.73 Å². The van der Waals surface area contributed by atoms with Crippen LogP contribution in [0.2, 0.25) is 0 Å². The van der Waals surface area contributed by atoms with Crippen LogP contribution in [0.3, 0.4) is 0 Å². The van der Waals surface area contributed by atoms with Gasteiger partial charge in [0.1, 0.15) is 5.69 Å². The number of aromatic nitrogens is 2. The van der Waals surface area contributed by atoms with E-state index in [2.05, 4.69) is 9.97 Å². The predicted molar refractivity (Wildman–Crippen MR) is 69.8 cm³/mol. The Balaban J connectivity index is 2.49. The summed E-state index contributed by atoms with van der Waals surface area (Å²) in [5, 5.41) is 0.584. The summed E-state index contributed by atoms with van der Waals surface area (Å²) in [7, 11) is 1.57. The van der Waals surface area contributed by atoms with Gasteiger partial charge in [0.05, 0.1) is 12.0 Å². The Labute approximate surface area is 109 Å². The summed E-state index contributed by atoms with van der Waals surface area (Å²) in [5.41, 5.74) is 7.27. The number of nitrogens with two attached hydrogens (primary N) is 1. The number of amides is 1. The number of pyridine rings is 1. The molecule has 0 saturated heterocycles. The van der Waals surface area contributed by atoms with E-state index in [0.29, 0.717) is 5.19 Å². The van der Waals surface area contributed by atoms with Crippen LogP contribution in [0.5, 0.6) is 5.19 Å². The van der Waals surface area contributed by atoms with Crippen molar-refractivity contribution in [1.82, 2.24) is 9.97 Å². The lowest BCUT2D eigenvalue weighted by Crippen LogP contribution is -2.14. The monoisotopic (exact) mass is 263 g/mol. The van der Waals surface area contributed by atoms with Crippen molar-refractivity contribution >= 4 is 17.2 Å². The lowest BCUT2D eigenvalue weighted by atomic mass is 10.1. The molecule has 0 unspecified atom stereocenters. The van der Waals surface area contributed by atoms with Gasteiger partial charge in [-0.25, -0.2) is 9.97 Å². The molecule has 0 aliphatic rings. The predicted octanol–water partition coefficient (Wildman–Crippen LogP) is 1.87. The zero-order chi connectivity index (χ0) is 13.1. The first-order chi connectivity index (χ1) is 8.63. The van der Waals surface area contributed by atoms with Gasteiger partial charge in [-0.1, -0.05) is 18.3 Å². The van der Waals surface area contributed by atoms with Crippen molar-refractivity contribution in [1.29, 1.82) is 0 Å².